The molecule has 2 aromatic carbocycles. The van der Waals surface area contributed by atoms with E-state index in [1.165, 1.54) is 11.8 Å². The third-order valence-electron chi connectivity index (χ3n) is 3.58. The number of rotatable bonds is 6. The third kappa shape index (κ3) is 3.24. The zero-order chi connectivity index (χ0) is 15.4. The van der Waals surface area contributed by atoms with Gasteiger partial charge in [-0.15, -0.1) is 0 Å². The van der Waals surface area contributed by atoms with Crippen LogP contribution in [0, 0.1) is 0 Å². The highest BCUT2D eigenvalue weighted by Crippen LogP contribution is 2.22. The number of carbonyl (C=O) groups excluding carboxylic acids is 1. The van der Waals surface area contributed by atoms with Crippen LogP contribution in [0.5, 0.6) is 0 Å². The van der Waals surface area contributed by atoms with Gasteiger partial charge in [0.15, 0.2) is 5.78 Å². The fourth-order valence-electron chi connectivity index (χ4n) is 2.41. The summed E-state index contributed by atoms with van der Waals surface area (Å²) < 4.78 is 0. The number of aromatic amines is 1. The highest BCUT2D eigenvalue weighted by atomic mass is 32.2. The summed E-state index contributed by atoms with van der Waals surface area (Å²) in [5.74, 6) is 0.965. The van der Waals surface area contributed by atoms with E-state index in [-0.39, 0.29) is 5.78 Å². The Labute approximate surface area is 133 Å². The van der Waals surface area contributed by atoms with Gasteiger partial charge in [0.25, 0.3) is 0 Å². The van der Waals surface area contributed by atoms with E-state index < -0.39 is 6.10 Å². The topological polar surface area (TPSA) is 53.1 Å². The summed E-state index contributed by atoms with van der Waals surface area (Å²) in [6.45, 7) is 0. The fourth-order valence-corrected chi connectivity index (χ4v) is 3.29. The van der Waals surface area contributed by atoms with Gasteiger partial charge < -0.3 is 10.1 Å². The van der Waals surface area contributed by atoms with Crippen molar-refractivity contribution in [3.05, 3.63) is 71.9 Å². The lowest BCUT2D eigenvalue weighted by Gasteiger charge is -2.09. The number of benzene rings is 2. The lowest BCUT2D eigenvalue weighted by Crippen LogP contribution is -2.06. The summed E-state index contributed by atoms with van der Waals surface area (Å²) in [6, 6.07) is 17.3. The molecule has 112 valence electrons. The van der Waals surface area contributed by atoms with Gasteiger partial charge in [-0.2, -0.15) is 11.8 Å². The van der Waals surface area contributed by atoms with Crippen LogP contribution in [0.3, 0.4) is 0 Å². The number of ketones is 1. The number of H-pyrrole nitrogens is 1. The van der Waals surface area contributed by atoms with Crippen LogP contribution in [-0.4, -0.2) is 27.4 Å². The van der Waals surface area contributed by atoms with Crippen molar-refractivity contribution in [2.75, 3.05) is 11.5 Å². The van der Waals surface area contributed by atoms with Crippen LogP contribution in [0.25, 0.3) is 10.9 Å². The van der Waals surface area contributed by atoms with Crippen LogP contribution < -0.4 is 0 Å². The van der Waals surface area contributed by atoms with E-state index in [0.29, 0.717) is 11.5 Å². The molecule has 0 aliphatic heterocycles. The van der Waals surface area contributed by atoms with E-state index in [9.17, 15) is 9.90 Å². The van der Waals surface area contributed by atoms with Gasteiger partial charge in [-0.05, 0) is 11.6 Å². The SMILES string of the molecule is O=C(CSC[C@H](O)c1ccccc1)c1c[nH]c2ccccc12. The second-order valence-electron chi connectivity index (χ2n) is 5.11. The van der Waals surface area contributed by atoms with Crippen molar-refractivity contribution in [1.29, 1.82) is 0 Å². The molecule has 0 fully saturated rings. The molecule has 22 heavy (non-hydrogen) atoms. The monoisotopic (exact) mass is 311 g/mol. The number of aliphatic hydroxyl groups is 1. The van der Waals surface area contributed by atoms with Crippen molar-refractivity contribution in [2.24, 2.45) is 0 Å². The van der Waals surface area contributed by atoms with E-state index in [1.807, 2.05) is 54.6 Å². The van der Waals surface area contributed by atoms with E-state index in [4.69, 9.17) is 0 Å². The molecule has 0 spiro atoms. The summed E-state index contributed by atoms with van der Waals surface area (Å²) >= 11 is 1.46. The van der Waals surface area contributed by atoms with Crippen LogP contribution in [0.1, 0.15) is 22.0 Å². The van der Waals surface area contributed by atoms with Gasteiger partial charge in [-0.25, -0.2) is 0 Å². The van der Waals surface area contributed by atoms with Crippen molar-refractivity contribution in [3.63, 3.8) is 0 Å². The molecule has 1 heterocycles. The first kappa shape index (κ1) is 14.9. The summed E-state index contributed by atoms with van der Waals surface area (Å²) in [5, 5.41) is 11.1. The number of aliphatic hydroxyl groups excluding tert-OH is 1. The number of Topliss-reactive ketones (excluding diaryl/α,β-unsaturated/α-hetero) is 1. The molecule has 1 atom stereocenters. The number of hydrogen-bond donors (Lipinski definition) is 2. The zero-order valence-electron chi connectivity index (χ0n) is 12.0. The number of carbonyl (C=O) groups is 1. The number of para-hydroxylation sites is 1. The average molecular weight is 311 g/mol. The Morgan fingerprint density at radius 1 is 1.09 bits per heavy atom. The molecule has 0 amide bonds. The third-order valence-corrected chi connectivity index (χ3v) is 4.60. The molecule has 0 aliphatic carbocycles. The Hall–Kier alpha value is -2.04. The minimum Gasteiger partial charge on any atom is -0.388 e. The standard InChI is InChI=1S/C18H17NO2S/c20-17(13-6-2-1-3-7-13)11-22-12-18(21)15-10-19-16-9-5-4-8-14(15)16/h1-10,17,19-20H,11-12H2/t17-/m0/s1. The lowest BCUT2D eigenvalue weighted by atomic mass is 10.1. The molecule has 2 N–H and O–H groups in total. The molecule has 3 rings (SSSR count). The van der Waals surface area contributed by atoms with Crippen molar-refractivity contribution in [2.45, 2.75) is 6.10 Å². The highest BCUT2D eigenvalue weighted by Gasteiger charge is 2.13. The van der Waals surface area contributed by atoms with E-state index in [1.54, 1.807) is 6.20 Å². The molecule has 4 heteroatoms. The first-order valence-electron chi connectivity index (χ1n) is 7.16. The molecule has 0 saturated heterocycles. The zero-order valence-corrected chi connectivity index (χ0v) is 12.8. The second-order valence-corrected chi connectivity index (χ2v) is 6.14. The Kier molecular flexibility index (Phi) is 4.61. The predicted molar refractivity (Wildman–Crippen MR) is 91.4 cm³/mol. The molecule has 0 unspecified atom stereocenters. The van der Waals surface area contributed by atoms with Crippen molar-refractivity contribution < 1.29 is 9.90 Å². The number of hydrogen-bond acceptors (Lipinski definition) is 3. The minimum atomic E-state index is -0.540. The van der Waals surface area contributed by atoms with E-state index in [0.717, 1.165) is 22.0 Å². The molecule has 0 radical (unpaired) electrons. The van der Waals surface area contributed by atoms with Gasteiger partial charge in [0.2, 0.25) is 0 Å². The molecular weight excluding hydrogens is 294 g/mol. The molecule has 1 aromatic heterocycles. The van der Waals surface area contributed by atoms with Crippen LogP contribution in [0.4, 0.5) is 0 Å². The van der Waals surface area contributed by atoms with Gasteiger partial charge in [-0.1, -0.05) is 48.5 Å². The molecule has 0 saturated carbocycles. The maximum absolute atomic E-state index is 12.3. The maximum atomic E-state index is 12.3. The van der Waals surface area contributed by atoms with E-state index in [2.05, 4.69) is 4.98 Å². The number of thioether (sulfide) groups is 1. The average Bonchev–Trinajstić information content (AvgIpc) is 2.99. The minimum absolute atomic E-state index is 0.0858. The van der Waals surface area contributed by atoms with Crippen LogP contribution in [-0.2, 0) is 0 Å². The van der Waals surface area contributed by atoms with Gasteiger partial charge >= 0.3 is 0 Å². The van der Waals surface area contributed by atoms with Crippen molar-refractivity contribution in [1.82, 2.24) is 4.98 Å². The number of fused-ring (bicyclic) bond motifs is 1. The summed E-state index contributed by atoms with van der Waals surface area (Å²) in [6.07, 6.45) is 1.23. The number of nitrogens with one attached hydrogen (secondary N) is 1. The van der Waals surface area contributed by atoms with Crippen LogP contribution in [0.2, 0.25) is 0 Å². The fraction of sp³-hybridized carbons (Fsp3) is 0.167. The van der Waals surface area contributed by atoms with Gasteiger partial charge in [-0.3, -0.25) is 4.79 Å². The Bertz CT molecular complexity index is 767. The molecule has 3 nitrogen and oxygen atoms in total. The van der Waals surface area contributed by atoms with Crippen LogP contribution in [0.15, 0.2) is 60.8 Å². The summed E-state index contributed by atoms with van der Waals surface area (Å²) in [4.78, 5) is 15.4. The Morgan fingerprint density at radius 2 is 1.82 bits per heavy atom. The summed E-state index contributed by atoms with van der Waals surface area (Å²) in [7, 11) is 0. The van der Waals surface area contributed by atoms with Crippen LogP contribution >= 0.6 is 11.8 Å². The lowest BCUT2D eigenvalue weighted by molar-refractivity contribution is 0.102. The molecule has 0 bridgehead atoms. The van der Waals surface area contributed by atoms with Gasteiger partial charge in [0.1, 0.15) is 0 Å². The normalized spacial score (nSPS) is 12.4. The Balaban J connectivity index is 1.59. The quantitative estimate of drug-likeness (QED) is 0.681. The largest absolute Gasteiger partial charge is 0.388 e. The predicted octanol–water partition coefficient (Wildman–Crippen LogP) is 3.82. The molecular formula is C18H17NO2S. The molecule has 3 aromatic rings. The Morgan fingerprint density at radius 3 is 2.64 bits per heavy atom. The first-order valence-corrected chi connectivity index (χ1v) is 8.31. The van der Waals surface area contributed by atoms with Crippen molar-refractivity contribution >= 4 is 28.4 Å². The first-order chi connectivity index (χ1) is 10.8. The molecule has 0 aliphatic rings. The second kappa shape index (κ2) is 6.81. The van der Waals surface area contributed by atoms with Crippen molar-refractivity contribution in [3.8, 4) is 0 Å². The number of aromatic nitrogens is 1. The van der Waals surface area contributed by atoms with Gasteiger partial charge in [0.05, 0.1) is 11.9 Å². The maximum Gasteiger partial charge on any atom is 0.174 e. The summed E-state index contributed by atoms with van der Waals surface area (Å²) in [5.41, 5.74) is 2.58. The van der Waals surface area contributed by atoms with E-state index >= 15 is 0 Å². The highest BCUT2D eigenvalue weighted by molar-refractivity contribution is 8.00. The smallest absolute Gasteiger partial charge is 0.174 e. The van der Waals surface area contributed by atoms with Gasteiger partial charge in [0, 0.05) is 28.4 Å².